The normalized spacial score (nSPS) is 31.6. The topological polar surface area (TPSA) is 59.8 Å². The summed E-state index contributed by atoms with van der Waals surface area (Å²) in [7, 11) is 0. The Morgan fingerprint density at radius 1 is 1.20 bits per heavy atom. The molecule has 1 amide bonds. The van der Waals surface area contributed by atoms with Crippen LogP contribution < -0.4 is 5.32 Å². The van der Waals surface area contributed by atoms with Crippen LogP contribution in [0.15, 0.2) is 24.4 Å². The molecule has 5 nitrogen and oxygen atoms in total. The van der Waals surface area contributed by atoms with Crippen molar-refractivity contribution >= 4 is 5.91 Å². The molecule has 3 heterocycles. The van der Waals surface area contributed by atoms with Gasteiger partial charge in [-0.1, -0.05) is 0 Å². The van der Waals surface area contributed by atoms with Crippen LogP contribution in [0.4, 0.5) is 13.2 Å². The van der Waals surface area contributed by atoms with E-state index in [-0.39, 0.29) is 11.9 Å². The monoisotopic (exact) mass is 416 g/mol. The lowest BCUT2D eigenvalue weighted by Crippen LogP contribution is -2.68. The number of hydrogen-bond donors (Lipinski definition) is 1. The maximum Gasteiger partial charge on any atom is 0.389 e. The van der Waals surface area contributed by atoms with Crippen LogP contribution in [0, 0.1) is 10.8 Å². The van der Waals surface area contributed by atoms with Crippen LogP contribution in [0.1, 0.15) is 68.3 Å². The van der Waals surface area contributed by atoms with Crippen LogP contribution in [0.2, 0.25) is 0 Å². The maximum absolute atomic E-state index is 12.8. The third-order valence-corrected chi connectivity index (χ3v) is 7.37. The van der Waals surface area contributed by atoms with Crippen LogP contribution in [0.25, 0.3) is 11.3 Å². The summed E-state index contributed by atoms with van der Waals surface area (Å²) in [6.45, 7) is 0.728. The second kappa shape index (κ2) is 5.86. The molecule has 0 spiro atoms. The highest BCUT2D eigenvalue weighted by atomic mass is 19.4. The smallest absolute Gasteiger partial charge is 0.347 e. The van der Waals surface area contributed by atoms with Crippen LogP contribution in [-0.2, 0) is 11.3 Å². The van der Waals surface area contributed by atoms with Gasteiger partial charge in [-0.3, -0.25) is 14.5 Å². The molecule has 0 aromatic carbocycles. The summed E-state index contributed by atoms with van der Waals surface area (Å²) in [5, 5.41) is 7.82. The molecule has 1 N–H and O–H groups in total. The van der Waals surface area contributed by atoms with Crippen molar-refractivity contribution in [2.75, 3.05) is 0 Å². The van der Waals surface area contributed by atoms with Crippen molar-refractivity contribution < 1.29 is 18.0 Å². The van der Waals surface area contributed by atoms with E-state index in [1.54, 1.807) is 0 Å². The number of carbonyl (C=O) groups excluding carboxylic acids is 1. The SMILES string of the molecule is O=C(N[C@@H]1CCn2nc(-c3ccnc(C4CC4)c3)cc21)C12CC(CC(F)(F)F)(C1)C2. The lowest BCUT2D eigenvalue weighted by atomic mass is 9.34. The van der Waals surface area contributed by atoms with E-state index >= 15 is 0 Å². The van der Waals surface area contributed by atoms with Gasteiger partial charge < -0.3 is 5.32 Å². The molecule has 1 aliphatic heterocycles. The van der Waals surface area contributed by atoms with Gasteiger partial charge >= 0.3 is 6.18 Å². The minimum Gasteiger partial charge on any atom is -0.347 e. The fourth-order valence-electron chi connectivity index (χ4n) is 5.95. The highest BCUT2D eigenvalue weighted by Crippen LogP contribution is 2.76. The summed E-state index contributed by atoms with van der Waals surface area (Å²) >= 11 is 0. The number of nitrogens with zero attached hydrogens (tertiary/aromatic N) is 3. The number of amides is 1. The van der Waals surface area contributed by atoms with Crippen LogP contribution in [0.5, 0.6) is 0 Å². The first-order chi connectivity index (χ1) is 14.2. The predicted molar refractivity (Wildman–Crippen MR) is 102 cm³/mol. The van der Waals surface area contributed by atoms with E-state index in [0.717, 1.165) is 35.6 Å². The van der Waals surface area contributed by atoms with Gasteiger partial charge in [0.2, 0.25) is 5.91 Å². The summed E-state index contributed by atoms with van der Waals surface area (Å²) < 4.78 is 40.1. The van der Waals surface area contributed by atoms with Crippen molar-refractivity contribution in [3.8, 4) is 11.3 Å². The van der Waals surface area contributed by atoms with Crippen molar-refractivity contribution in [3.05, 3.63) is 35.8 Å². The molecule has 7 rings (SSSR count). The van der Waals surface area contributed by atoms with E-state index in [2.05, 4.69) is 16.4 Å². The first-order valence-corrected chi connectivity index (χ1v) is 10.7. The van der Waals surface area contributed by atoms with E-state index in [4.69, 9.17) is 5.10 Å². The zero-order valence-corrected chi connectivity index (χ0v) is 16.5. The molecule has 2 aromatic rings. The lowest BCUT2D eigenvalue weighted by molar-refractivity contribution is -0.258. The average molecular weight is 416 g/mol. The molecule has 8 heteroatoms. The summed E-state index contributed by atoms with van der Waals surface area (Å²) in [5.74, 6) is 0.479. The number of pyridine rings is 1. The summed E-state index contributed by atoms with van der Waals surface area (Å²) in [4.78, 5) is 17.3. The van der Waals surface area contributed by atoms with Crippen LogP contribution in [-0.4, -0.2) is 26.8 Å². The number of fused-ring (bicyclic) bond motifs is 1. The molecule has 4 saturated carbocycles. The Labute approximate surface area is 172 Å². The Morgan fingerprint density at radius 2 is 1.97 bits per heavy atom. The number of aromatic nitrogens is 3. The number of nitrogens with one attached hydrogen (secondary N) is 1. The molecule has 30 heavy (non-hydrogen) atoms. The number of alkyl halides is 3. The lowest BCUT2D eigenvalue weighted by Gasteiger charge is -2.69. The first kappa shape index (κ1) is 18.4. The van der Waals surface area contributed by atoms with Gasteiger partial charge in [0, 0.05) is 36.3 Å². The molecular weight excluding hydrogens is 393 g/mol. The van der Waals surface area contributed by atoms with Crippen molar-refractivity contribution in [1.29, 1.82) is 0 Å². The quantitative estimate of drug-likeness (QED) is 0.781. The van der Waals surface area contributed by atoms with Gasteiger partial charge in [0.25, 0.3) is 0 Å². The second-order valence-corrected chi connectivity index (χ2v) is 9.84. The summed E-state index contributed by atoms with van der Waals surface area (Å²) in [5.41, 5.74) is 2.74. The van der Waals surface area contributed by atoms with Crippen molar-refractivity contribution in [1.82, 2.24) is 20.1 Å². The molecule has 1 atom stereocenters. The van der Waals surface area contributed by atoms with Gasteiger partial charge in [-0.2, -0.15) is 18.3 Å². The van der Waals surface area contributed by atoms with Crippen LogP contribution in [0.3, 0.4) is 0 Å². The number of rotatable bonds is 5. The minimum absolute atomic E-state index is 0.0901. The largest absolute Gasteiger partial charge is 0.389 e. The van der Waals surface area contributed by atoms with Gasteiger partial charge in [-0.15, -0.1) is 0 Å². The third kappa shape index (κ3) is 2.87. The molecule has 0 radical (unpaired) electrons. The summed E-state index contributed by atoms with van der Waals surface area (Å²) in [6, 6.07) is 5.96. The van der Waals surface area contributed by atoms with Gasteiger partial charge in [0.1, 0.15) is 0 Å². The molecule has 4 fully saturated rings. The zero-order valence-electron chi connectivity index (χ0n) is 16.5. The average Bonchev–Trinajstić information content (AvgIpc) is 3.29. The van der Waals surface area contributed by atoms with E-state index in [0.29, 0.717) is 25.2 Å². The minimum atomic E-state index is -4.15. The number of halogens is 3. The van der Waals surface area contributed by atoms with Crippen molar-refractivity contribution in [2.45, 2.75) is 69.6 Å². The van der Waals surface area contributed by atoms with E-state index < -0.39 is 23.4 Å². The molecule has 0 saturated heterocycles. The molecular formula is C22H23F3N4O. The number of aryl methyl sites for hydroxylation is 1. The van der Waals surface area contributed by atoms with Gasteiger partial charge in [0.05, 0.1) is 22.8 Å². The number of carbonyl (C=O) groups is 1. The molecule has 0 unspecified atom stereocenters. The second-order valence-electron chi connectivity index (χ2n) is 9.84. The highest BCUT2D eigenvalue weighted by molar-refractivity contribution is 5.86. The molecule has 2 bridgehead atoms. The first-order valence-electron chi connectivity index (χ1n) is 10.7. The Balaban J connectivity index is 1.14. The molecule has 2 aromatic heterocycles. The maximum atomic E-state index is 12.8. The Morgan fingerprint density at radius 3 is 2.67 bits per heavy atom. The highest BCUT2D eigenvalue weighted by Gasteiger charge is 2.73. The number of hydrogen-bond acceptors (Lipinski definition) is 3. The van der Waals surface area contributed by atoms with Crippen molar-refractivity contribution in [3.63, 3.8) is 0 Å². The van der Waals surface area contributed by atoms with E-state index in [1.165, 1.54) is 12.8 Å². The molecule has 5 aliphatic rings. The Hall–Kier alpha value is -2.38. The standard InChI is InChI=1S/C22H23F3N4O/c23-22(24,25)12-20-9-21(10-20,11-20)19(30)27-15-4-6-29-18(15)8-17(28-29)14-3-5-26-16(7-14)13-1-2-13/h3,5,7-8,13,15H,1-2,4,6,9-12H2,(H,27,30)/t15-,20?,21?/m1/s1. The third-order valence-electron chi connectivity index (χ3n) is 7.37. The fraction of sp³-hybridized carbons (Fsp3) is 0.591. The fourth-order valence-corrected chi connectivity index (χ4v) is 5.95. The van der Waals surface area contributed by atoms with Gasteiger partial charge in [0.15, 0.2) is 0 Å². The molecule has 158 valence electrons. The Kier molecular flexibility index (Phi) is 3.59. The van der Waals surface area contributed by atoms with E-state index in [9.17, 15) is 18.0 Å². The molecule has 4 aliphatic carbocycles. The van der Waals surface area contributed by atoms with Gasteiger partial charge in [-0.25, -0.2) is 0 Å². The van der Waals surface area contributed by atoms with Crippen molar-refractivity contribution in [2.24, 2.45) is 10.8 Å². The van der Waals surface area contributed by atoms with E-state index in [1.807, 2.05) is 23.0 Å². The Bertz CT molecular complexity index is 1020. The predicted octanol–water partition coefficient (Wildman–Crippen LogP) is 4.51. The zero-order chi connectivity index (χ0) is 20.7. The van der Waals surface area contributed by atoms with Gasteiger partial charge in [-0.05, 0) is 62.1 Å². The van der Waals surface area contributed by atoms with Crippen LogP contribution >= 0.6 is 0 Å². The summed E-state index contributed by atoms with van der Waals surface area (Å²) in [6.07, 6.45) is 1.16.